The van der Waals surface area contributed by atoms with Gasteiger partial charge in [-0.3, -0.25) is 4.79 Å². The maximum atomic E-state index is 12.4. The molecule has 144 valence electrons. The van der Waals surface area contributed by atoms with Crippen LogP contribution in [0.4, 0.5) is 0 Å². The zero-order chi connectivity index (χ0) is 19.2. The highest BCUT2D eigenvalue weighted by molar-refractivity contribution is 7.89. The molecule has 9 nitrogen and oxygen atoms in total. The van der Waals surface area contributed by atoms with Crippen molar-refractivity contribution in [2.75, 3.05) is 13.2 Å². The Labute approximate surface area is 152 Å². The summed E-state index contributed by atoms with van der Waals surface area (Å²) >= 11 is 0. The quantitative estimate of drug-likeness (QED) is 0.590. The second kappa shape index (κ2) is 8.97. The van der Waals surface area contributed by atoms with Crippen molar-refractivity contribution < 1.29 is 26.9 Å². The molecule has 2 rings (SSSR count). The van der Waals surface area contributed by atoms with E-state index in [9.17, 15) is 13.2 Å². The van der Waals surface area contributed by atoms with Gasteiger partial charge in [0.15, 0.2) is 5.76 Å². The van der Waals surface area contributed by atoms with E-state index >= 15 is 0 Å². The fourth-order valence-electron chi connectivity index (χ4n) is 2.31. The molecule has 2 aromatic rings. The molecule has 0 radical (unpaired) electrons. The lowest BCUT2D eigenvalue weighted by molar-refractivity contribution is -0.122. The van der Waals surface area contributed by atoms with Crippen molar-refractivity contribution in [1.29, 1.82) is 0 Å². The van der Waals surface area contributed by atoms with Crippen LogP contribution in [0, 0.1) is 13.8 Å². The second-order valence-corrected chi connectivity index (χ2v) is 7.42. The van der Waals surface area contributed by atoms with Crippen molar-refractivity contribution in [1.82, 2.24) is 15.2 Å². The largest absolute Gasteiger partial charge is 0.467 e. The van der Waals surface area contributed by atoms with Crippen LogP contribution in [0.5, 0.6) is 0 Å². The average molecular weight is 385 g/mol. The first-order valence-corrected chi connectivity index (χ1v) is 9.62. The van der Waals surface area contributed by atoms with Crippen LogP contribution in [-0.4, -0.2) is 38.7 Å². The lowest BCUT2D eigenvalue weighted by Gasteiger charge is -2.14. The normalized spacial score (nSPS) is 12.9. The van der Waals surface area contributed by atoms with Crippen LogP contribution in [0.1, 0.15) is 30.6 Å². The third-order valence-electron chi connectivity index (χ3n) is 3.55. The molecular weight excluding hydrogens is 362 g/mol. The van der Waals surface area contributed by atoms with Gasteiger partial charge in [-0.05, 0) is 39.3 Å². The number of amides is 1. The summed E-state index contributed by atoms with van der Waals surface area (Å²) in [6.07, 6.45) is 2.17. The topological polar surface area (TPSA) is 124 Å². The number of carbonyl (C=O) groups excluding carboxylic acids is 1. The predicted octanol–water partition coefficient (Wildman–Crippen LogP) is 1.27. The summed E-state index contributed by atoms with van der Waals surface area (Å²) in [6, 6.07) is 2.66. The molecule has 0 saturated heterocycles. The number of carbonyl (C=O) groups is 1. The molecule has 2 aromatic heterocycles. The number of hydrogen-bond acceptors (Lipinski definition) is 7. The molecule has 0 aliphatic rings. The number of aromatic nitrogens is 1. The molecule has 1 amide bonds. The van der Waals surface area contributed by atoms with Crippen molar-refractivity contribution in [2.45, 2.75) is 44.7 Å². The molecule has 0 aliphatic heterocycles. The Hall–Kier alpha value is -2.17. The van der Waals surface area contributed by atoms with E-state index in [4.69, 9.17) is 13.7 Å². The zero-order valence-electron chi connectivity index (χ0n) is 14.9. The monoisotopic (exact) mass is 385 g/mol. The maximum absolute atomic E-state index is 12.4. The highest BCUT2D eigenvalue weighted by Gasteiger charge is 2.27. The number of hydrogen-bond donors (Lipinski definition) is 2. The minimum Gasteiger partial charge on any atom is -0.467 e. The van der Waals surface area contributed by atoms with Gasteiger partial charge in [-0.2, -0.15) is 4.72 Å². The molecule has 1 atom stereocenters. The first-order valence-electron chi connectivity index (χ1n) is 8.14. The van der Waals surface area contributed by atoms with Gasteiger partial charge >= 0.3 is 0 Å². The first-order chi connectivity index (χ1) is 12.3. The van der Waals surface area contributed by atoms with Crippen LogP contribution >= 0.6 is 0 Å². The fraction of sp³-hybridized carbons (Fsp3) is 0.500. The predicted molar refractivity (Wildman–Crippen MR) is 91.8 cm³/mol. The van der Waals surface area contributed by atoms with E-state index in [-0.39, 0.29) is 16.3 Å². The minimum atomic E-state index is -3.89. The molecule has 0 fully saturated rings. The zero-order valence-corrected chi connectivity index (χ0v) is 15.8. The highest BCUT2D eigenvalue weighted by Crippen LogP contribution is 2.18. The Morgan fingerprint density at radius 2 is 2.15 bits per heavy atom. The van der Waals surface area contributed by atoms with E-state index in [0.29, 0.717) is 26.2 Å². The van der Waals surface area contributed by atoms with Gasteiger partial charge in [0.25, 0.3) is 0 Å². The third kappa shape index (κ3) is 5.41. The van der Waals surface area contributed by atoms with E-state index in [1.807, 2.05) is 6.07 Å². The molecule has 26 heavy (non-hydrogen) atoms. The maximum Gasteiger partial charge on any atom is 0.246 e. The van der Waals surface area contributed by atoms with Gasteiger partial charge in [0.05, 0.1) is 12.3 Å². The summed E-state index contributed by atoms with van der Waals surface area (Å²) < 4.78 is 42.4. The molecular formula is C16H23N3O6S. The average Bonchev–Trinajstić information content (AvgIpc) is 3.19. The number of nitrogens with zero attached hydrogens (tertiary/aromatic N) is 1. The number of aryl methyl sites for hydroxylation is 2. The first kappa shape index (κ1) is 20.1. The van der Waals surface area contributed by atoms with Gasteiger partial charge in [-0.15, -0.1) is 0 Å². The molecule has 0 spiro atoms. The van der Waals surface area contributed by atoms with Crippen molar-refractivity contribution in [2.24, 2.45) is 0 Å². The third-order valence-corrected chi connectivity index (χ3v) is 5.34. The number of sulfonamides is 1. The minimum absolute atomic E-state index is 0.0384. The number of nitrogens with one attached hydrogen (secondary N) is 2. The summed E-state index contributed by atoms with van der Waals surface area (Å²) in [7, 11) is -3.89. The summed E-state index contributed by atoms with van der Waals surface area (Å²) in [4.78, 5) is 12.0. The van der Waals surface area contributed by atoms with Crippen molar-refractivity contribution in [3.05, 3.63) is 35.6 Å². The number of ether oxygens (including phenoxy) is 1. The standard InChI is InChI=1S/C16H23N3O6S/c1-11-15(13(3)25-18-11)26(21,22)19-12(2)16(20)17-7-5-8-23-10-14-6-4-9-24-14/h4,6,9,12,19H,5,7-8,10H2,1-3H3,(H,17,20)/t12-/m0/s1. The van der Waals surface area contributed by atoms with E-state index < -0.39 is 22.0 Å². The summed E-state index contributed by atoms with van der Waals surface area (Å²) in [5.41, 5.74) is 0.247. The molecule has 0 saturated carbocycles. The lowest BCUT2D eigenvalue weighted by atomic mass is 10.3. The van der Waals surface area contributed by atoms with Gasteiger partial charge in [-0.1, -0.05) is 5.16 Å². The molecule has 0 aromatic carbocycles. The van der Waals surface area contributed by atoms with E-state index in [0.717, 1.165) is 5.76 Å². The van der Waals surface area contributed by atoms with Crippen LogP contribution in [0.3, 0.4) is 0 Å². The van der Waals surface area contributed by atoms with Gasteiger partial charge in [0.2, 0.25) is 15.9 Å². The van der Waals surface area contributed by atoms with Gasteiger partial charge in [0, 0.05) is 13.2 Å². The van der Waals surface area contributed by atoms with Gasteiger partial charge in [-0.25, -0.2) is 8.42 Å². The summed E-state index contributed by atoms with van der Waals surface area (Å²) in [5.74, 6) is 0.485. The molecule has 0 unspecified atom stereocenters. The van der Waals surface area contributed by atoms with E-state index in [1.54, 1.807) is 12.3 Å². The van der Waals surface area contributed by atoms with Crippen LogP contribution in [0.25, 0.3) is 0 Å². The van der Waals surface area contributed by atoms with Crippen molar-refractivity contribution >= 4 is 15.9 Å². The van der Waals surface area contributed by atoms with Crippen LogP contribution < -0.4 is 10.0 Å². The van der Waals surface area contributed by atoms with Gasteiger partial charge in [0.1, 0.15) is 23.0 Å². The highest BCUT2D eigenvalue weighted by atomic mass is 32.2. The lowest BCUT2D eigenvalue weighted by Crippen LogP contribution is -2.45. The summed E-state index contributed by atoms with van der Waals surface area (Å²) in [6.45, 7) is 5.68. The smallest absolute Gasteiger partial charge is 0.246 e. The molecule has 2 heterocycles. The van der Waals surface area contributed by atoms with Crippen LogP contribution in [-0.2, 0) is 26.2 Å². The summed E-state index contributed by atoms with van der Waals surface area (Å²) in [5, 5.41) is 6.28. The molecule has 2 N–H and O–H groups in total. The van der Waals surface area contributed by atoms with Crippen molar-refractivity contribution in [3.8, 4) is 0 Å². The second-order valence-electron chi connectivity index (χ2n) is 5.77. The Morgan fingerprint density at radius 3 is 2.77 bits per heavy atom. The SMILES string of the molecule is Cc1noc(C)c1S(=O)(=O)N[C@@H](C)C(=O)NCCCOCc1ccco1. The Morgan fingerprint density at radius 1 is 1.38 bits per heavy atom. The number of rotatable bonds is 10. The van der Waals surface area contributed by atoms with Crippen LogP contribution in [0.15, 0.2) is 32.2 Å². The van der Waals surface area contributed by atoms with Gasteiger partial charge < -0.3 is 19.0 Å². The van der Waals surface area contributed by atoms with Crippen LogP contribution in [0.2, 0.25) is 0 Å². The Bertz CT molecular complexity index is 794. The van der Waals surface area contributed by atoms with Crippen molar-refractivity contribution in [3.63, 3.8) is 0 Å². The fourth-order valence-corrected chi connectivity index (χ4v) is 3.84. The Balaban J connectivity index is 1.72. The molecule has 0 bridgehead atoms. The number of furan rings is 1. The Kier molecular flexibility index (Phi) is 6.95. The van der Waals surface area contributed by atoms with E-state index in [1.165, 1.54) is 20.8 Å². The molecule has 0 aliphatic carbocycles. The molecule has 10 heteroatoms. The van der Waals surface area contributed by atoms with E-state index in [2.05, 4.69) is 15.2 Å².